The number of ether oxygens (including phenoxy) is 1. The molecule has 0 unspecified atom stereocenters. The Kier molecular flexibility index (Phi) is 8.28. The first-order valence-electron chi connectivity index (χ1n) is 11.5. The third kappa shape index (κ3) is 7.01. The minimum atomic E-state index is -0.00355. The monoisotopic (exact) mass is 461 g/mol. The summed E-state index contributed by atoms with van der Waals surface area (Å²) in [6, 6.07) is 26.7. The van der Waals surface area contributed by atoms with E-state index in [0.29, 0.717) is 12.4 Å². The van der Waals surface area contributed by atoms with Gasteiger partial charge >= 0.3 is 0 Å². The second-order valence-electron chi connectivity index (χ2n) is 8.04. The summed E-state index contributed by atoms with van der Waals surface area (Å²) >= 11 is 1.52. The number of carbonyl (C=O) groups excluding carboxylic acids is 1. The van der Waals surface area contributed by atoms with Crippen molar-refractivity contribution in [3.05, 3.63) is 84.4 Å². The normalized spacial score (nSPS) is 14.2. The Labute approximate surface area is 200 Å². The molecule has 4 rings (SSSR count). The smallest absolute Gasteiger partial charge is 0.234 e. The molecule has 0 aromatic heterocycles. The van der Waals surface area contributed by atoms with E-state index >= 15 is 0 Å². The summed E-state index contributed by atoms with van der Waals surface area (Å²) in [5.74, 6) is 1.22. The molecular formula is C27H31N3O2S. The van der Waals surface area contributed by atoms with Gasteiger partial charge in [-0.05, 0) is 61.0 Å². The van der Waals surface area contributed by atoms with Crippen molar-refractivity contribution in [2.24, 2.45) is 0 Å². The molecule has 33 heavy (non-hydrogen) atoms. The average Bonchev–Trinajstić information content (AvgIpc) is 2.85. The third-order valence-corrected chi connectivity index (χ3v) is 6.65. The van der Waals surface area contributed by atoms with Gasteiger partial charge in [0.05, 0.1) is 12.4 Å². The summed E-state index contributed by atoms with van der Waals surface area (Å²) < 4.78 is 5.45. The highest BCUT2D eigenvalue weighted by molar-refractivity contribution is 8.00. The van der Waals surface area contributed by atoms with Crippen molar-refractivity contribution in [1.82, 2.24) is 4.90 Å². The van der Waals surface area contributed by atoms with Gasteiger partial charge in [-0.1, -0.05) is 30.3 Å². The van der Waals surface area contributed by atoms with E-state index in [1.807, 2.05) is 43.3 Å². The maximum Gasteiger partial charge on any atom is 0.234 e. The van der Waals surface area contributed by atoms with Crippen molar-refractivity contribution in [1.29, 1.82) is 0 Å². The van der Waals surface area contributed by atoms with E-state index in [0.717, 1.165) is 49.1 Å². The molecular weight excluding hydrogens is 430 g/mol. The molecule has 1 heterocycles. The number of anilines is 2. The number of nitrogens with zero attached hydrogens (tertiary/aromatic N) is 2. The molecule has 1 N–H and O–H groups in total. The van der Waals surface area contributed by atoms with Gasteiger partial charge in [-0.2, -0.15) is 0 Å². The van der Waals surface area contributed by atoms with E-state index in [1.165, 1.54) is 23.0 Å². The van der Waals surface area contributed by atoms with E-state index in [4.69, 9.17) is 4.74 Å². The van der Waals surface area contributed by atoms with Crippen LogP contribution in [0.3, 0.4) is 0 Å². The van der Waals surface area contributed by atoms with Crippen LogP contribution in [0.4, 0.5) is 11.4 Å². The lowest BCUT2D eigenvalue weighted by molar-refractivity contribution is -0.113. The van der Waals surface area contributed by atoms with Crippen LogP contribution < -0.4 is 15.0 Å². The number of carbonyl (C=O) groups is 1. The Morgan fingerprint density at radius 2 is 1.61 bits per heavy atom. The number of amides is 1. The van der Waals surface area contributed by atoms with Crippen LogP contribution in [0.15, 0.2) is 83.8 Å². The summed E-state index contributed by atoms with van der Waals surface area (Å²) in [5.41, 5.74) is 3.40. The zero-order chi connectivity index (χ0) is 22.9. The molecule has 0 radical (unpaired) electrons. The molecule has 1 saturated heterocycles. The van der Waals surface area contributed by atoms with Gasteiger partial charge in [-0.3, -0.25) is 9.69 Å². The van der Waals surface area contributed by atoms with Crippen LogP contribution in [0.2, 0.25) is 0 Å². The Morgan fingerprint density at radius 1 is 0.909 bits per heavy atom. The summed E-state index contributed by atoms with van der Waals surface area (Å²) in [4.78, 5) is 18.3. The minimum Gasteiger partial charge on any atom is -0.494 e. The SMILES string of the molecule is CCOc1ccc(SCC(=O)Nc2ccc(N3CCN(Cc4ccccc4)CC3)cc2)cc1. The molecule has 6 heteroatoms. The Bertz CT molecular complexity index is 1000. The maximum atomic E-state index is 12.4. The van der Waals surface area contributed by atoms with Gasteiger partial charge in [-0.25, -0.2) is 0 Å². The van der Waals surface area contributed by atoms with E-state index < -0.39 is 0 Å². The lowest BCUT2D eigenvalue weighted by atomic mass is 10.2. The molecule has 3 aromatic rings. The zero-order valence-electron chi connectivity index (χ0n) is 19.1. The summed E-state index contributed by atoms with van der Waals surface area (Å²) in [7, 11) is 0. The van der Waals surface area contributed by atoms with Crippen LogP contribution in [0.1, 0.15) is 12.5 Å². The van der Waals surface area contributed by atoms with Crippen LogP contribution in [-0.4, -0.2) is 49.3 Å². The molecule has 0 atom stereocenters. The molecule has 0 saturated carbocycles. The number of hydrogen-bond donors (Lipinski definition) is 1. The molecule has 172 valence electrons. The van der Waals surface area contributed by atoms with Crippen LogP contribution in [-0.2, 0) is 11.3 Å². The molecule has 5 nitrogen and oxygen atoms in total. The number of rotatable bonds is 9. The predicted octanol–water partition coefficient (Wildman–Crippen LogP) is 5.14. The molecule has 0 aliphatic carbocycles. The van der Waals surface area contributed by atoms with Crippen LogP contribution in [0.5, 0.6) is 5.75 Å². The van der Waals surface area contributed by atoms with E-state index in [9.17, 15) is 4.79 Å². The zero-order valence-corrected chi connectivity index (χ0v) is 19.9. The fraction of sp³-hybridized carbons (Fsp3) is 0.296. The average molecular weight is 462 g/mol. The topological polar surface area (TPSA) is 44.8 Å². The lowest BCUT2D eigenvalue weighted by Gasteiger charge is -2.36. The quantitative estimate of drug-likeness (QED) is 0.447. The number of nitrogens with one attached hydrogen (secondary N) is 1. The second-order valence-corrected chi connectivity index (χ2v) is 9.09. The van der Waals surface area contributed by atoms with Crippen LogP contribution >= 0.6 is 11.8 Å². The molecule has 1 fully saturated rings. The third-order valence-electron chi connectivity index (χ3n) is 5.64. The first-order chi connectivity index (χ1) is 16.2. The van der Waals surface area contributed by atoms with Gasteiger partial charge in [0.1, 0.15) is 5.75 Å². The van der Waals surface area contributed by atoms with Crippen LogP contribution in [0.25, 0.3) is 0 Å². The van der Waals surface area contributed by atoms with E-state index in [2.05, 4.69) is 57.6 Å². The van der Waals surface area contributed by atoms with E-state index in [-0.39, 0.29) is 5.91 Å². The molecule has 1 amide bonds. The molecule has 1 aliphatic heterocycles. The van der Waals surface area contributed by atoms with Gasteiger partial charge < -0.3 is 15.0 Å². The fourth-order valence-corrected chi connectivity index (χ4v) is 4.60. The van der Waals surface area contributed by atoms with Gasteiger partial charge in [-0.15, -0.1) is 11.8 Å². The Hall–Kier alpha value is -2.96. The standard InChI is InChI=1S/C27H31N3O2S/c1-2-32-25-12-14-26(15-13-25)33-21-27(31)28-23-8-10-24(11-9-23)30-18-16-29(17-19-30)20-22-6-4-3-5-7-22/h3-15H,2,16-21H2,1H3,(H,28,31). The number of thioether (sulfide) groups is 1. The molecule has 3 aromatic carbocycles. The molecule has 0 bridgehead atoms. The van der Waals surface area contributed by atoms with Crippen molar-refractivity contribution in [3.8, 4) is 5.75 Å². The van der Waals surface area contributed by atoms with Crippen molar-refractivity contribution in [2.75, 3.05) is 48.8 Å². The number of piperazine rings is 1. The highest BCUT2D eigenvalue weighted by Gasteiger charge is 2.17. The Morgan fingerprint density at radius 3 is 2.27 bits per heavy atom. The molecule has 1 aliphatic rings. The Balaban J connectivity index is 1.21. The summed E-state index contributed by atoms with van der Waals surface area (Å²) in [5, 5.41) is 3.00. The van der Waals surface area contributed by atoms with Gasteiger partial charge in [0, 0.05) is 49.0 Å². The fourth-order valence-electron chi connectivity index (χ4n) is 3.91. The number of benzene rings is 3. The largest absolute Gasteiger partial charge is 0.494 e. The summed E-state index contributed by atoms with van der Waals surface area (Å²) in [6.07, 6.45) is 0. The van der Waals surface area contributed by atoms with Crippen molar-refractivity contribution in [3.63, 3.8) is 0 Å². The van der Waals surface area contributed by atoms with E-state index in [1.54, 1.807) is 0 Å². The molecule has 0 spiro atoms. The highest BCUT2D eigenvalue weighted by Crippen LogP contribution is 2.23. The van der Waals surface area contributed by atoms with Crippen LogP contribution in [0, 0.1) is 0 Å². The highest BCUT2D eigenvalue weighted by atomic mass is 32.2. The number of hydrogen-bond acceptors (Lipinski definition) is 5. The predicted molar refractivity (Wildman–Crippen MR) is 137 cm³/mol. The summed E-state index contributed by atoms with van der Waals surface area (Å²) in [6.45, 7) is 7.75. The van der Waals surface area contributed by atoms with Crippen molar-refractivity contribution in [2.45, 2.75) is 18.4 Å². The maximum absolute atomic E-state index is 12.4. The van der Waals surface area contributed by atoms with Gasteiger partial charge in [0.2, 0.25) is 5.91 Å². The van der Waals surface area contributed by atoms with Crippen molar-refractivity contribution < 1.29 is 9.53 Å². The van der Waals surface area contributed by atoms with Crippen molar-refractivity contribution >= 4 is 29.0 Å². The first-order valence-corrected chi connectivity index (χ1v) is 12.4. The lowest BCUT2D eigenvalue weighted by Crippen LogP contribution is -2.45. The van der Waals surface area contributed by atoms with Gasteiger partial charge in [0.25, 0.3) is 0 Å². The minimum absolute atomic E-state index is 0.00355. The first kappa shape index (κ1) is 23.2. The second kappa shape index (κ2) is 11.8. The van der Waals surface area contributed by atoms with Gasteiger partial charge in [0.15, 0.2) is 0 Å².